The number of para-hydroxylation sites is 1. The highest BCUT2D eigenvalue weighted by Gasteiger charge is 2.11. The lowest BCUT2D eigenvalue weighted by Crippen LogP contribution is -2.36. The zero-order valence-electron chi connectivity index (χ0n) is 18.0. The Hall–Kier alpha value is -2.79. The van der Waals surface area contributed by atoms with Gasteiger partial charge in [0.15, 0.2) is 28.2 Å². The minimum absolute atomic E-state index is 0. The summed E-state index contributed by atoms with van der Waals surface area (Å²) in [5, 5.41) is 7.44. The number of guanidine groups is 1. The first-order valence-corrected chi connectivity index (χ1v) is 10.6. The quantitative estimate of drug-likeness (QED) is 0.186. The summed E-state index contributed by atoms with van der Waals surface area (Å²) >= 11 is 1.62. The van der Waals surface area contributed by atoms with Crippen molar-refractivity contribution in [3.8, 4) is 22.3 Å². The van der Waals surface area contributed by atoms with E-state index in [1.807, 2.05) is 48.5 Å². The topological polar surface area (TPSA) is 80.9 Å². The lowest BCUT2D eigenvalue weighted by molar-refractivity contribution is 0.354. The molecule has 2 aromatic heterocycles. The number of furan rings is 1. The van der Waals surface area contributed by atoms with Crippen LogP contribution in [0, 0.1) is 0 Å². The van der Waals surface area contributed by atoms with Gasteiger partial charge in [0, 0.05) is 13.6 Å². The van der Waals surface area contributed by atoms with Crippen molar-refractivity contribution in [1.82, 2.24) is 15.6 Å². The zero-order valence-corrected chi connectivity index (χ0v) is 21.2. The lowest BCUT2D eigenvalue weighted by Gasteiger charge is -2.13. The third-order valence-electron chi connectivity index (χ3n) is 4.73. The second-order valence-corrected chi connectivity index (χ2v) is 7.75. The van der Waals surface area contributed by atoms with Gasteiger partial charge in [0.1, 0.15) is 5.76 Å². The average molecular weight is 564 g/mol. The van der Waals surface area contributed by atoms with E-state index in [-0.39, 0.29) is 24.0 Å². The molecule has 0 saturated carbocycles. The number of methoxy groups -OCH3 is 2. The van der Waals surface area contributed by atoms with E-state index in [9.17, 15) is 0 Å². The monoisotopic (exact) mass is 564 g/mol. The summed E-state index contributed by atoms with van der Waals surface area (Å²) < 4.78 is 17.8. The maximum atomic E-state index is 5.98. The normalized spacial score (nSPS) is 11.2. The molecule has 4 rings (SSSR count). The van der Waals surface area contributed by atoms with Crippen LogP contribution in [0.15, 0.2) is 64.0 Å². The number of aromatic nitrogens is 1. The smallest absolute Gasteiger partial charge is 0.191 e. The molecule has 168 valence electrons. The fraction of sp³-hybridized carbons (Fsp3) is 0.217. The van der Waals surface area contributed by atoms with Gasteiger partial charge >= 0.3 is 0 Å². The number of aliphatic imine (C=N–C) groups is 1. The summed E-state index contributed by atoms with van der Waals surface area (Å²) in [5.74, 6) is 3.65. The van der Waals surface area contributed by atoms with E-state index in [1.54, 1.807) is 32.6 Å². The number of hydrogen-bond acceptors (Lipinski definition) is 6. The van der Waals surface area contributed by atoms with Crippen molar-refractivity contribution >= 4 is 51.5 Å². The third-order valence-corrected chi connectivity index (χ3v) is 5.78. The molecule has 7 nitrogen and oxygen atoms in total. The van der Waals surface area contributed by atoms with Crippen LogP contribution in [0.2, 0.25) is 0 Å². The number of halogens is 1. The van der Waals surface area contributed by atoms with Crippen molar-refractivity contribution in [3.63, 3.8) is 0 Å². The highest BCUT2D eigenvalue weighted by molar-refractivity contribution is 14.0. The number of hydrogen-bond donors (Lipinski definition) is 2. The van der Waals surface area contributed by atoms with Gasteiger partial charge in [-0.1, -0.05) is 18.2 Å². The predicted molar refractivity (Wildman–Crippen MR) is 139 cm³/mol. The molecule has 0 fully saturated rings. The Kier molecular flexibility index (Phi) is 8.34. The van der Waals surface area contributed by atoms with Crippen molar-refractivity contribution in [3.05, 3.63) is 65.9 Å². The summed E-state index contributed by atoms with van der Waals surface area (Å²) in [6.45, 7) is 1.10. The van der Waals surface area contributed by atoms with E-state index in [1.165, 1.54) is 0 Å². The van der Waals surface area contributed by atoms with Crippen LogP contribution in [0.25, 0.3) is 21.0 Å². The van der Waals surface area contributed by atoms with Crippen LogP contribution < -0.4 is 20.1 Å². The molecule has 0 aliphatic carbocycles. The van der Waals surface area contributed by atoms with Crippen LogP contribution in [-0.2, 0) is 13.1 Å². The molecule has 0 aliphatic rings. The molecule has 4 aromatic rings. The summed E-state index contributed by atoms with van der Waals surface area (Å²) in [5.41, 5.74) is 2.04. The van der Waals surface area contributed by atoms with E-state index >= 15 is 0 Å². The second kappa shape index (κ2) is 11.2. The molecule has 0 saturated heterocycles. The average Bonchev–Trinajstić information content (AvgIpc) is 3.46. The Morgan fingerprint density at radius 3 is 2.53 bits per heavy atom. The van der Waals surface area contributed by atoms with Crippen LogP contribution >= 0.6 is 35.3 Å². The summed E-state index contributed by atoms with van der Waals surface area (Å²) in [7, 11) is 4.98. The van der Waals surface area contributed by atoms with Crippen LogP contribution in [0.1, 0.15) is 11.3 Å². The second-order valence-electron chi connectivity index (χ2n) is 6.72. The number of fused-ring (bicyclic) bond motifs is 1. The molecule has 2 N–H and O–H groups in total. The molecular weight excluding hydrogens is 539 g/mol. The SMILES string of the molecule is CN=C(NCc1ccc(OC)c(OC)c1)NCc1ccc(-c2nc3ccccc3s2)o1.I. The first-order chi connectivity index (χ1) is 15.2. The van der Waals surface area contributed by atoms with Crippen molar-refractivity contribution in [2.75, 3.05) is 21.3 Å². The number of nitrogens with zero attached hydrogens (tertiary/aromatic N) is 2. The molecule has 0 aliphatic heterocycles. The van der Waals surface area contributed by atoms with Crippen molar-refractivity contribution in [2.45, 2.75) is 13.1 Å². The van der Waals surface area contributed by atoms with Gasteiger partial charge in [0.05, 0.1) is 31.0 Å². The molecule has 0 amide bonds. The maximum Gasteiger partial charge on any atom is 0.191 e. The molecule has 0 spiro atoms. The van der Waals surface area contributed by atoms with Gasteiger partial charge in [-0.15, -0.1) is 35.3 Å². The Labute approximate surface area is 207 Å². The molecule has 0 bridgehead atoms. The van der Waals surface area contributed by atoms with Gasteiger partial charge in [-0.05, 0) is 42.0 Å². The number of rotatable bonds is 7. The first-order valence-electron chi connectivity index (χ1n) is 9.80. The van der Waals surface area contributed by atoms with Gasteiger partial charge in [-0.3, -0.25) is 4.99 Å². The predicted octanol–water partition coefficient (Wildman–Crippen LogP) is 5.06. The molecular formula is C23H25IN4O3S. The van der Waals surface area contributed by atoms with Crippen molar-refractivity contribution in [1.29, 1.82) is 0 Å². The van der Waals surface area contributed by atoms with Gasteiger partial charge in [0.25, 0.3) is 0 Å². The summed E-state index contributed by atoms with van der Waals surface area (Å²) in [4.78, 5) is 8.92. The minimum atomic E-state index is 0. The van der Waals surface area contributed by atoms with Crippen LogP contribution in [0.3, 0.4) is 0 Å². The van der Waals surface area contributed by atoms with E-state index < -0.39 is 0 Å². The molecule has 32 heavy (non-hydrogen) atoms. The standard InChI is InChI=1S/C23H24N4O3S.HI/c1-24-23(25-13-15-8-10-18(28-2)20(12-15)29-3)26-14-16-9-11-19(30-16)22-27-17-6-4-5-7-21(17)31-22;/h4-12H,13-14H2,1-3H3,(H2,24,25,26);1H. The Balaban J connectivity index is 0.00000289. The fourth-order valence-corrected chi connectivity index (χ4v) is 4.06. The summed E-state index contributed by atoms with van der Waals surface area (Å²) in [6, 6.07) is 17.8. The minimum Gasteiger partial charge on any atom is -0.493 e. The molecule has 2 heterocycles. The van der Waals surface area contributed by atoms with Crippen molar-refractivity contribution < 1.29 is 13.9 Å². The molecule has 0 atom stereocenters. The number of thiazole rings is 1. The molecule has 0 unspecified atom stereocenters. The van der Waals surface area contributed by atoms with Crippen LogP contribution in [-0.4, -0.2) is 32.2 Å². The molecule has 9 heteroatoms. The highest BCUT2D eigenvalue weighted by atomic mass is 127. The Morgan fingerprint density at radius 2 is 1.78 bits per heavy atom. The van der Waals surface area contributed by atoms with Crippen LogP contribution in [0.4, 0.5) is 0 Å². The molecule has 2 aromatic carbocycles. The number of ether oxygens (including phenoxy) is 2. The zero-order chi connectivity index (χ0) is 21.6. The van der Waals surface area contributed by atoms with E-state index in [4.69, 9.17) is 13.9 Å². The van der Waals surface area contributed by atoms with Gasteiger partial charge in [-0.25, -0.2) is 4.98 Å². The largest absolute Gasteiger partial charge is 0.493 e. The maximum absolute atomic E-state index is 5.98. The van der Waals surface area contributed by atoms with E-state index in [0.717, 1.165) is 32.3 Å². The number of nitrogens with one attached hydrogen (secondary N) is 2. The van der Waals surface area contributed by atoms with Gasteiger partial charge < -0.3 is 24.5 Å². The van der Waals surface area contributed by atoms with Gasteiger partial charge in [-0.2, -0.15) is 0 Å². The van der Waals surface area contributed by atoms with Crippen LogP contribution in [0.5, 0.6) is 11.5 Å². The van der Waals surface area contributed by atoms with E-state index in [2.05, 4.69) is 26.7 Å². The highest BCUT2D eigenvalue weighted by Crippen LogP contribution is 2.31. The third kappa shape index (κ3) is 5.52. The Bertz CT molecular complexity index is 1170. The fourth-order valence-electron chi connectivity index (χ4n) is 3.13. The Morgan fingerprint density at radius 1 is 1.00 bits per heavy atom. The molecule has 0 radical (unpaired) electrons. The summed E-state index contributed by atoms with van der Waals surface area (Å²) in [6.07, 6.45) is 0. The van der Waals surface area contributed by atoms with Gasteiger partial charge in [0.2, 0.25) is 0 Å². The van der Waals surface area contributed by atoms with E-state index in [0.29, 0.717) is 30.5 Å². The lowest BCUT2D eigenvalue weighted by atomic mass is 10.2. The number of benzene rings is 2. The van der Waals surface area contributed by atoms with Crippen molar-refractivity contribution in [2.24, 2.45) is 4.99 Å². The first kappa shape index (κ1) is 23.9.